The number of amides is 3. The third-order valence-electron chi connectivity index (χ3n) is 7.37. The van der Waals surface area contributed by atoms with Crippen molar-refractivity contribution in [3.63, 3.8) is 0 Å². The van der Waals surface area contributed by atoms with E-state index in [0.29, 0.717) is 5.56 Å². The molecule has 2 fully saturated rings. The van der Waals surface area contributed by atoms with Gasteiger partial charge in [-0.3, -0.25) is 24.2 Å². The maximum Gasteiger partial charge on any atom is 0.252 e. The molecule has 0 bridgehead atoms. The Morgan fingerprint density at radius 1 is 1.19 bits per heavy atom. The normalized spacial score (nSPS) is 18.6. The molecule has 1 unspecified atom stereocenters. The first-order valence-corrected chi connectivity index (χ1v) is 13.6. The predicted molar refractivity (Wildman–Crippen MR) is 150 cm³/mol. The van der Waals surface area contributed by atoms with Crippen molar-refractivity contribution in [2.24, 2.45) is 0 Å². The van der Waals surface area contributed by atoms with Gasteiger partial charge in [0.15, 0.2) is 0 Å². The van der Waals surface area contributed by atoms with Gasteiger partial charge in [0.1, 0.15) is 17.9 Å². The second kappa shape index (κ2) is 11.8. The Bertz CT molecular complexity index is 1570. The monoisotopic (exact) mass is 593 g/mol. The number of hydrogen-bond acceptors (Lipinski definition) is 6. The second-order valence-electron chi connectivity index (χ2n) is 10.3. The molecule has 1 aliphatic heterocycles. The van der Waals surface area contributed by atoms with E-state index in [0.717, 1.165) is 0 Å². The van der Waals surface area contributed by atoms with Crippen LogP contribution in [0.5, 0.6) is 0 Å². The molecule has 1 saturated carbocycles. The summed E-state index contributed by atoms with van der Waals surface area (Å²) in [6.07, 6.45) is 0.400. The van der Waals surface area contributed by atoms with Crippen LogP contribution in [0.25, 0.3) is 0 Å². The van der Waals surface area contributed by atoms with E-state index in [1.54, 1.807) is 42.5 Å². The largest absolute Gasteiger partial charge is 0.392 e. The molecular formula is C30H26ClF2N5O4. The van der Waals surface area contributed by atoms with Crippen LogP contribution in [0.3, 0.4) is 0 Å². The van der Waals surface area contributed by atoms with Crippen molar-refractivity contribution in [2.45, 2.75) is 56.3 Å². The van der Waals surface area contributed by atoms with Crippen LogP contribution in [-0.4, -0.2) is 45.8 Å². The lowest BCUT2D eigenvalue weighted by Crippen LogP contribution is -2.56. The highest BCUT2D eigenvalue weighted by molar-refractivity contribution is 6.31. The van der Waals surface area contributed by atoms with Gasteiger partial charge in [-0.25, -0.2) is 13.8 Å². The molecule has 2 atom stereocenters. The number of rotatable bonds is 8. The summed E-state index contributed by atoms with van der Waals surface area (Å²) in [5.41, 5.74) is 1.16. The second-order valence-corrected chi connectivity index (χ2v) is 10.7. The molecule has 2 N–H and O–H groups in total. The average molecular weight is 594 g/mol. The lowest BCUT2D eigenvalue weighted by Gasteiger charge is -2.39. The zero-order valence-electron chi connectivity index (χ0n) is 22.2. The van der Waals surface area contributed by atoms with E-state index in [1.165, 1.54) is 34.2 Å². The molecule has 3 amide bonds. The van der Waals surface area contributed by atoms with Crippen LogP contribution in [0.15, 0.2) is 66.9 Å². The van der Waals surface area contributed by atoms with Gasteiger partial charge < -0.3 is 10.4 Å². The van der Waals surface area contributed by atoms with Crippen molar-refractivity contribution < 1.29 is 28.3 Å². The predicted octanol–water partition coefficient (Wildman–Crippen LogP) is 4.28. The van der Waals surface area contributed by atoms with Crippen LogP contribution < -0.4 is 15.1 Å². The first-order valence-electron chi connectivity index (χ1n) is 13.3. The van der Waals surface area contributed by atoms with Crippen molar-refractivity contribution in [2.75, 3.05) is 9.80 Å². The SMILES string of the molecule is N#Cc1ccnc(N2C(=O)CCC2C(=O)N(c2cccc(CO)c2)[C@H](C(=O)NC2CC(F)(F)C2)c2ccccc2Cl)c1. The summed E-state index contributed by atoms with van der Waals surface area (Å²) >= 11 is 6.55. The van der Waals surface area contributed by atoms with Gasteiger partial charge in [0.05, 0.1) is 18.2 Å². The number of pyridine rings is 1. The number of nitriles is 1. The van der Waals surface area contributed by atoms with Gasteiger partial charge in [0, 0.05) is 47.8 Å². The van der Waals surface area contributed by atoms with Crippen LogP contribution in [0.1, 0.15) is 48.4 Å². The Morgan fingerprint density at radius 3 is 2.64 bits per heavy atom. The van der Waals surface area contributed by atoms with E-state index in [9.17, 15) is 33.5 Å². The Morgan fingerprint density at radius 2 is 1.95 bits per heavy atom. The van der Waals surface area contributed by atoms with E-state index < -0.39 is 54.6 Å². The number of benzene rings is 2. The van der Waals surface area contributed by atoms with E-state index in [-0.39, 0.29) is 47.1 Å². The van der Waals surface area contributed by atoms with Crippen molar-refractivity contribution >= 4 is 40.8 Å². The fourth-order valence-corrected chi connectivity index (χ4v) is 5.57. The minimum absolute atomic E-state index is 0.0134. The van der Waals surface area contributed by atoms with Gasteiger partial charge in [-0.2, -0.15) is 5.26 Å². The summed E-state index contributed by atoms with van der Waals surface area (Å²) in [5, 5.41) is 22.0. The van der Waals surface area contributed by atoms with Crippen molar-refractivity contribution in [1.82, 2.24) is 10.3 Å². The van der Waals surface area contributed by atoms with E-state index in [1.807, 2.05) is 6.07 Å². The summed E-state index contributed by atoms with van der Waals surface area (Å²) < 4.78 is 27.3. The maximum absolute atomic E-state index is 14.6. The molecule has 2 aliphatic rings. The van der Waals surface area contributed by atoms with Gasteiger partial charge in [-0.15, -0.1) is 0 Å². The first kappa shape index (κ1) is 29.1. The number of carbonyl (C=O) groups is 3. The number of aromatic nitrogens is 1. The highest BCUT2D eigenvalue weighted by Gasteiger charge is 2.48. The quantitative estimate of drug-likeness (QED) is 0.401. The Balaban J connectivity index is 1.62. The molecule has 1 saturated heterocycles. The number of alkyl halides is 2. The highest BCUT2D eigenvalue weighted by atomic mass is 35.5. The van der Waals surface area contributed by atoms with Gasteiger partial charge in [-0.1, -0.05) is 41.9 Å². The molecule has 0 radical (unpaired) electrons. The van der Waals surface area contributed by atoms with Crippen molar-refractivity contribution in [3.05, 3.63) is 88.6 Å². The third kappa shape index (κ3) is 5.82. The maximum atomic E-state index is 14.6. The third-order valence-corrected chi connectivity index (χ3v) is 7.71. The Labute approximate surface area is 245 Å². The summed E-state index contributed by atoms with van der Waals surface area (Å²) in [6, 6.07) is 14.3. The lowest BCUT2D eigenvalue weighted by molar-refractivity contribution is -0.133. The van der Waals surface area contributed by atoms with Crippen LogP contribution in [0.2, 0.25) is 5.02 Å². The van der Waals surface area contributed by atoms with Crippen LogP contribution in [0, 0.1) is 11.3 Å². The number of halogens is 3. The zero-order chi connectivity index (χ0) is 30.0. The molecule has 3 aromatic rings. The number of nitrogens with one attached hydrogen (secondary N) is 1. The van der Waals surface area contributed by atoms with Gasteiger partial charge >= 0.3 is 0 Å². The van der Waals surface area contributed by atoms with Gasteiger partial charge in [0.25, 0.3) is 11.8 Å². The zero-order valence-corrected chi connectivity index (χ0v) is 23.0. The van der Waals surface area contributed by atoms with Crippen molar-refractivity contribution in [1.29, 1.82) is 5.26 Å². The van der Waals surface area contributed by atoms with E-state index in [2.05, 4.69) is 10.3 Å². The molecular weight excluding hydrogens is 568 g/mol. The molecule has 9 nitrogen and oxygen atoms in total. The molecule has 1 aromatic heterocycles. The summed E-state index contributed by atoms with van der Waals surface area (Å²) in [4.78, 5) is 48.1. The number of nitrogens with zero attached hydrogens (tertiary/aromatic N) is 4. The summed E-state index contributed by atoms with van der Waals surface area (Å²) in [5.74, 6) is -4.56. The van der Waals surface area contributed by atoms with Crippen molar-refractivity contribution in [3.8, 4) is 6.07 Å². The molecule has 0 spiro atoms. The number of hydrogen-bond donors (Lipinski definition) is 2. The van der Waals surface area contributed by atoms with Crippen LogP contribution in [-0.2, 0) is 21.0 Å². The molecule has 12 heteroatoms. The van der Waals surface area contributed by atoms with Crippen LogP contribution >= 0.6 is 11.6 Å². The standard InChI is InChI=1S/C30H26ClF2N5O4/c31-23-7-2-1-6-22(23)27(28(41)36-20-14-30(32,33)15-20)37(21-5-3-4-19(12-21)17-39)29(42)24-8-9-26(40)38(24)25-13-18(16-34)10-11-35-25/h1-7,10-13,20,24,27,39H,8-9,14-15,17H2,(H,36,41)/t24?,27-/m0/s1. The molecule has 42 heavy (non-hydrogen) atoms. The van der Waals surface area contributed by atoms with Crippen LogP contribution in [0.4, 0.5) is 20.3 Å². The molecule has 216 valence electrons. The fourth-order valence-electron chi connectivity index (χ4n) is 5.33. The summed E-state index contributed by atoms with van der Waals surface area (Å²) in [6.45, 7) is -0.352. The summed E-state index contributed by atoms with van der Waals surface area (Å²) in [7, 11) is 0. The van der Waals surface area contributed by atoms with E-state index >= 15 is 0 Å². The topological polar surface area (TPSA) is 127 Å². The number of carbonyl (C=O) groups excluding carboxylic acids is 3. The Kier molecular flexibility index (Phi) is 8.20. The number of aliphatic hydroxyl groups excluding tert-OH is 1. The highest BCUT2D eigenvalue weighted by Crippen LogP contribution is 2.40. The minimum atomic E-state index is -2.89. The molecule has 2 aromatic carbocycles. The van der Waals surface area contributed by atoms with E-state index in [4.69, 9.17) is 11.6 Å². The first-order chi connectivity index (χ1) is 20.1. The molecule has 2 heterocycles. The smallest absolute Gasteiger partial charge is 0.252 e. The fraction of sp³-hybridized carbons (Fsp3) is 0.300. The van der Waals surface area contributed by atoms with Gasteiger partial charge in [-0.05, 0) is 42.3 Å². The van der Waals surface area contributed by atoms with Gasteiger partial charge in [0.2, 0.25) is 11.8 Å². The minimum Gasteiger partial charge on any atom is -0.392 e. The average Bonchev–Trinajstić information content (AvgIpc) is 3.36. The molecule has 1 aliphatic carbocycles. The number of aliphatic hydroxyl groups is 1. The molecule has 5 rings (SSSR count). The Hall–Kier alpha value is -4.40. The number of anilines is 2. The lowest BCUT2D eigenvalue weighted by atomic mass is 9.87.